The molecule has 0 radical (unpaired) electrons. The molecule has 0 bridgehead atoms. The molecule has 3 heteroatoms. The van der Waals surface area contributed by atoms with Crippen molar-refractivity contribution in [1.29, 1.82) is 0 Å². The highest BCUT2D eigenvalue weighted by atomic mass is 35.5. The molecule has 0 heterocycles. The Kier molecular flexibility index (Phi) is 7.36. The van der Waals surface area contributed by atoms with Gasteiger partial charge in [0.15, 0.2) is 0 Å². The van der Waals surface area contributed by atoms with E-state index < -0.39 is 5.60 Å². The molecule has 0 N–H and O–H groups in total. The highest BCUT2D eigenvalue weighted by molar-refractivity contribution is 6.17. The maximum Gasteiger partial charge on any atom is 0.126 e. The Morgan fingerprint density at radius 3 is 2.32 bits per heavy atom. The van der Waals surface area contributed by atoms with Crippen LogP contribution in [0.5, 0.6) is 0 Å². The van der Waals surface area contributed by atoms with Crippen LogP contribution < -0.4 is 0 Å². The van der Waals surface area contributed by atoms with Crippen LogP contribution in [0.2, 0.25) is 0 Å². The van der Waals surface area contributed by atoms with E-state index in [0.717, 1.165) is 29.7 Å². The van der Waals surface area contributed by atoms with Crippen LogP contribution in [0, 0.1) is 5.92 Å². The smallest absolute Gasteiger partial charge is 0.126 e. The average molecular weight is 397 g/mol. The molecule has 0 saturated carbocycles. The van der Waals surface area contributed by atoms with E-state index in [1.807, 2.05) is 24.3 Å². The van der Waals surface area contributed by atoms with E-state index >= 15 is 0 Å². The van der Waals surface area contributed by atoms with Gasteiger partial charge in [0, 0.05) is 24.0 Å². The first-order valence-corrected chi connectivity index (χ1v) is 10.6. The van der Waals surface area contributed by atoms with Gasteiger partial charge in [-0.25, -0.2) is 0 Å². The summed E-state index contributed by atoms with van der Waals surface area (Å²) in [5.74, 6) is 1.77. The lowest BCUT2D eigenvalue weighted by atomic mass is 9.79. The average Bonchev–Trinajstić information content (AvgIpc) is 2.74. The Labute approximate surface area is 173 Å². The monoisotopic (exact) mass is 396 g/mol. The van der Waals surface area contributed by atoms with Crippen molar-refractivity contribution < 1.29 is 9.47 Å². The van der Waals surface area contributed by atoms with Crippen LogP contribution in [-0.4, -0.2) is 18.1 Å². The summed E-state index contributed by atoms with van der Waals surface area (Å²) in [6, 6.07) is 20.7. The summed E-state index contributed by atoms with van der Waals surface area (Å²) in [5.41, 5.74) is 3.06. The van der Waals surface area contributed by atoms with Gasteiger partial charge in [-0.2, -0.15) is 0 Å². The molecule has 2 nitrogen and oxygen atoms in total. The first kappa shape index (κ1) is 20.7. The Hall–Kier alpha value is -2.03. The van der Waals surface area contributed by atoms with Gasteiger partial charge in [0.2, 0.25) is 0 Å². The number of hydrogen-bond donors (Lipinski definition) is 0. The molecule has 148 valence electrons. The zero-order valence-corrected chi connectivity index (χ0v) is 17.5. The van der Waals surface area contributed by atoms with E-state index in [1.165, 1.54) is 5.56 Å². The van der Waals surface area contributed by atoms with Gasteiger partial charge in [-0.3, -0.25) is 0 Å². The Balaban J connectivity index is 1.90. The Bertz CT molecular complexity index is 798. The van der Waals surface area contributed by atoms with Gasteiger partial charge >= 0.3 is 0 Å². The van der Waals surface area contributed by atoms with E-state index in [-0.39, 0.29) is 5.92 Å². The minimum atomic E-state index is -0.398. The first-order valence-electron chi connectivity index (χ1n) is 10.0. The van der Waals surface area contributed by atoms with Crippen molar-refractivity contribution in [3.05, 3.63) is 89.7 Å². The predicted molar refractivity (Wildman–Crippen MR) is 117 cm³/mol. The molecule has 0 aromatic heterocycles. The van der Waals surface area contributed by atoms with Crippen molar-refractivity contribution in [3.8, 4) is 0 Å². The molecule has 3 rings (SSSR count). The van der Waals surface area contributed by atoms with Gasteiger partial charge in [0.1, 0.15) is 12.4 Å². The number of benzene rings is 2. The van der Waals surface area contributed by atoms with E-state index in [1.54, 1.807) is 0 Å². The van der Waals surface area contributed by atoms with Crippen molar-refractivity contribution in [3.63, 3.8) is 0 Å². The van der Waals surface area contributed by atoms with Gasteiger partial charge in [-0.1, -0.05) is 73.7 Å². The van der Waals surface area contributed by atoms with Crippen LogP contribution in [-0.2, 0) is 16.1 Å². The van der Waals surface area contributed by atoms with E-state index in [0.29, 0.717) is 19.1 Å². The van der Waals surface area contributed by atoms with E-state index in [4.69, 9.17) is 21.1 Å². The Morgan fingerprint density at radius 1 is 1.00 bits per heavy atom. The fourth-order valence-corrected chi connectivity index (χ4v) is 3.73. The topological polar surface area (TPSA) is 18.5 Å². The second-order valence-electron chi connectivity index (χ2n) is 7.32. The SMILES string of the molecule is CCC1C=C(c2ccccc2)C(OCc2ccccc2)=CC1(C)OCCCCl. The summed E-state index contributed by atoms with van der Waals surface area (Å²) in [6.45, 7) is 5.54. The third kappa shape index (κ3) is 5.06. The summed E-state index contributed by atoms with van der Waals surface area (Å²) < 4.78 is 12.6. The molecule has 0 saturated heterocycles. The number of hydrogen-bond acceptors (Lipinski definition) is 2. The van der Waals surface area contributed by atoms with Gasteiger partial charge in [-0.05, 0) is 37.0 Å². The predicted octanol–water partition coefficient (Wildman–Crippen LogP) is 6.61. The quantitative estimate of drug-likeness (QED) is 0.350. The van der Waals surface area contributed by atoms with Gasteiger partial charge in [0.05, 0.1) is 5.60 Å². The molecule has 2 atom stereocenters. The van der Waals surface area contributed by atoms with Crippen LogP contribution in [0.25, 0.3) is 5.57 Å². The molecule has 1 aliphatic carbocycles. The zero-order valence-electron chi connectivity index (χ0n) is 16.7. The lowest BCUT2D eigenvalue weighted by molar-refractivity contribution is -0.0285. The van der Waals surface area contributed by atoms with Crippen LogP contribution in [0.1, 0.15) is 37.8 Å². The van der Waals surface area contributed by atoms with Crippen molar-refractivity contribution in [1.82, 2.24) is 0 Å². The number of allylic oxidation sites excluding steroid dienone is 1. The van der Waals surface area contributed by atoms with Gasteiger partial charge in [0.25, 0.3) is 0 Å². The lowest BCUT2D eigenvalue weighted by Gasteiger charge is -2.38. The third-order valence-electron chi connectivity index (χ3n) is 5.24. The van der Waals surface area contributed by atoms with Crippen molar-refractivity contribution in [2.75, 3.05) is 12.5 Å². The number of halogens is 1. The first-order chi connectivity index (χ1) is 13.7. The van der Waals surface area contributed by atoms with Crippen molar-refractivity contribution in [2.45, 2.75) is 38.9 Å². The fraction of sp³-hybridized carbons (Fsp3) is 0.360. The van der Waals surface area contributed by atoms with Crippen LogP contribution in [0.4, 0.5) is 0 Å². The maximum atomic E-state index is 6.32. The van der Waals surface area contributed by atoms with Crippen molar-refractivity contribution in [2.24, 2.45) is 5.92 Å². The zero-order chi connectivity index (χ0) is 19.8. The summed E-state index contributed by atoms with van der Waals surface area (Å²) in [6.07, 6.45) is 6.32. The van der Waals surface area contributed by atoms with E-state index in [9.17, 15) is 0 Å². The second-order valence-corrected chi connectivity index (χ2v) is 7.70. The molecule has 0 amide bonds. The van der Waals surface area contributed by atoms with Crippen LogP contribution >= 0.6 is 11.6 Å². The number of alkyl halides is 1. The molecule has 0 spiro atoms. The fourth-order valence-electron chi connectivity index (χ4n) is 3.62. The molecule has 28 heavy (non-hydrogen) atoms. The molecular formula is C25H29ClO2. The highest BCUT2D eigenvalue weighted by Gasteiger charge is 2.36. The van der Waals surface area contributed by atoms with Crippen LogP contribution in [0.3, 0.4) is 0 Å². The van der Waals surface area contributed by atoms with Crippen LogP contribution in [0.15, 0.2) is 78.6 Å². The molecular weight excluding hydrogens is 368 g/mol. The molecule has 1 aliphatic rings. The minimum absolute atomic E-state index is 0.280. The summed E-state index contributed by atoms with van der Waals surface area (Å²) in [4.78, 5) is 0. The Morgan fingerprint density at radius 2 is 1.68 bits per heavy atom. The lowest BCUT2D eigenvalue weighted by Crippen LogP contribution is -2.38. The number of rotatable bonds is 9. The second kappa shape index (κ2) is 9.95. The maximum absolute atomic E-state index is 6.32. The summed E-state index contributed by atoms with van der Waals surface area (Å²) in [5, 5.41) is 0. The summed E-state index contributed by atoms with van der Waals surface area (Å²) >= 11 is 5.85. The van der Waals surface area contributed by atoms with Crippen molar-refractivity contribution >= 4 is 17.2 Å². The van der Waals surface area contributed by atoms with E-state index in [2.05, 4.69) is 62.4 Å². The molecule has 2 unspecified atom stereocenters. The van der Waals surface area contributed by atoms with Gasteiger partial charge < -0.3 is 9.47 Å². The summed E-state index contributed by atoms with van der Waals surface area (Å²) in [7, 11) is 0. The largest absolute Gasteiger partial charge is 0.488 e. The molecule has 2 aromatic carbocycles. The normalized spacial score (nSPS) is 21.8. The van der Waals surface area contributed by atoms with Gasteiger partial charge in [-0.15, -0.1) is 11.6 Å². The number of ether oxygens (including phenoxy) is 2. The molecule has 2 aromatic rings. The molecule has 0 aliphatic heterocycles. The highest BCUT2D eigenvalue weighted by Crippen LogP contribution is 2.40. The molecule has 0 fully saturated rings. The minimum Gasteiger partial charge on any atom is -0.488 e. The third-order valence-corrected chi connectivity index (χ3v) is 5.51. The standard InChI is InChI=1S/C25H29ClO2/c1-3-22-17-23(21-13-8-5-9-14-21)24(18-25(22,2)28-16-10-15-26)27-19-20-11-6-4-7-12-20/h4-9,11-14,17-18,22H,3,10,15-16,19H2,1-2H3.